The molecule has 0 saturated carbocycles. The maximum atomic E-state index is 10.2. The zero-order valence-electron chi connectivity index (χ0n) is 5.36. The van der Waals surface area contributed by atoms with Crippen molar-refractivity contribution >= 4 is 23.5 Å². The van der Waals surface area contributed by atoms with Gasteiger partial charge in [0.25, 0.3) is 0 Å². The van der Waals surface area contributed by atoms with Gasteiger partial charge in [0.1, 0.15) is 0 Å². The average molecular weight is 233 g/mol. The van der Waals surface area contributed by atoms with Crippen LogP contribution in [0.4, 0.5) is 0 Å². The molecule has 0 bridgehead atoms. The molecular formula is C4H10BrO4P. The lowest BCUT2D eigenvalue weighted by atomic mass is 10.8. The minimum absolute atomic E-state index is 0.121. The molecule has 0 aromatic carbocycles. The Hall–Kier alpha value is 0.590. The highest BCUT2D eigenvalue weighted by molar-refractivity contribution is 9.09. The summed E-state index contributed by atoms with van der Waals surface area (Å²) in [5.74, 6) is 0. The lowest BCUT2D eigenvalue weighted by Crippen LogP contribution is -2.02. The van der Waals surface area contributed by atoms with Gasteiger partial charge >= 0.3 is 7.60 Å². The predicted octanol–water partition coefficient (Wildman–Crippen LogP) is 0.576. The van der Waals surface area contributed by atoms with E-state index in [1.807, 2.05) is 0 Å². The van der Waals surface area contributed by atoms with Gasteiger partial charge in [-0.3, -0.25) is 4.57 Å². The van der Waals surface area contributed by atoms with E-state index in [1.165, 1.54) is 0 Å². The van der Waals surface area contributed by atoms with Gasteiger partial charge in [0.05, 0.1) is 19.4 Å². The van der Waals surface area contributed by atoms with Crippen LogP contribution in [0.2, 0.25) is 0 Å². The van der Waals surface area contributed by atoms with Gasteiger partial charge in [-0.15, -0.1) is 0 Å². The lowest BCUT2D eigenvalue weighted by Gasteiger charge is -2.02. The van der Waals surface area contributed by atoms with Gasteiger partial charge in [0.15, 0.2) is 0 Å². The topological polar surface area (TPSA) is 66.8 Å². The molecule has 0 rings (SSSR count). The van der Waals surface area contributed by atoms with Gasteiger partial charge in [-0.1, -0.05) is 15.9 Å². The predicted molar refractivity (Wildman–Crippen MR) is 41.5 cm³/mol. The minimum atomic E-state index is -3.85. The Balaban J connectivity index is 3.13. The van der Waals surface area contributed by atoms with Crippen molar-refractivity contribution in [3.63, 3.8) is 0 Å². The maximum Gasteiger partial charge on any atom is 0.327 e. The molecular weight excluding hydrogens is 223 g/mol. The molecule has 0 aliphatic rings. The van der Waals surface area contributed by atoms with Crippen LogP contribution in [0.25, 0.3) is 0 Å². The lowest BCUT2D eigenvalue weighted by molar-refractivity contribution is 0.162. The first-order chi connectivity index (χ1) is 4.56. The highest BCUT2D eigenvalue weighted by Crippen LogP contribution is 2.33. The molecule has 10 heavy (non-hydrogen) atoms. The molecule has 0 saturated heterocycles. The van der Waals surface area contributed by atoms with Crippen LogP contribution < -0.4 is 0 Å². The van der Waals surface area contributed by atoms with Crippen LogP contribution in [0.1, 0.15) is 0 Å². The summed E-state index contributed by atoms with van der Waals surface area (Å²) in [6, 6.07) is 0. The van der Waals surface area contributed by atoms with Crippen molar-refractivity contribution in [2.75, 3.05) is 24.7 Å². The zero-order valence-corrected chi connectivity index (χ0v) is 7.84. The Kier molecular flexibility index (Phi) is 5.58. The smallest absolute Gasteiger partial charge is 0.327 e. The van der Waals surface area contributed by atoms with Crippen molar-refractivity contribution in [3.8, 4) is 0 Å². The van der Waals surface area contributed by atoms with E-state index >= 15 is 0 Å². The van der Waals surface area contributed by atoms with Gasteiger partial charge in [-0.05, 0) is 0 Å². The van der Waals surface area contributed by atoms with Crippen molar-refractivity contribution in [2.45, 2.75) is 0 Å². The molecule has 4 nitrogen and oxygen atoms in total. The molecule has 0 heterocycles. The summed E-state index contributed by atoms with van der Waals surface area (Å²) >= 11 is 3.11. The van der Waals surface area contributed by atoms with E-state index in [4.69, 9.17) is 14.5 Å². The fourth-order valence-electron chi connectivity index (χ4n) is 0.340. The summed E-state index contributed by atoms with van der Waals surface area (Å²) in [4.78, 5) is 16.7. The fourth-order valence-corrected chi connectivity index (χ4v) is 0.936. The average Bonchev–Trinajstić information content (AvgIpc) is 1.78. The summed E-state index contributed by atoms with van der Waals surface area (Å²) in [7, 11) is -3.85. The van der Waals surface area contributed by atoms with Gasteiger partial charge in [-0.25, -0.2) is 0 Å². The van der Waals surface area contributed by atoms with Crippen LogP contribution in [-0.2, 0) is 9.30 Å². The van der Waals surface area contributed by atoms with Gasteiger partial charge in [-0.2, -0.15) is 0 Å². The van der Waals surface area contributed by atoms with Crippen LogP contribution in [0.3, 0.4) is 0 Å². The van der Waals surface area contributed by atoms with Crippen molar-refractivity contribution in [3.05, 3.63) is 0 Å². The largest absolute Gasteiger partial charge is 0.380 e. The molecule has 62 valence electrons. The molecule has 0 aromatic heterocycles. The second kappa shape index (κ2) is 5.27. The van der Waals surface area contributed by atoms with Crippen molar-refractivity contribution in [1.82, 2.24) is 0 Å². The fraction of sp³-hybridized carbons (Fsp3) is 1.00. The van der Waals surface area contributed by atoms with Gasteiger partial charge in [0, 0.05) is 5.33 Å². The van der Waals surface area contributed by atoms with Crippen LogP contribution >= 0.6 is 23.5 Å². The normalized spacial score (nSPS) is 11.9. The Morgan fingerprint density at radius 1 is 1.40 bits per heavy atom. The van der Waals surface area contributed by atoms with Crippen LogP contribution in [0.5, 0.6) is 0 Å². The number of hydrogen-bond acceptors (Lipinski definition) is 2. The molecule has 0 radical (unpaired) electrons. The minimum Gasteiger partial charge on any atom is -0.380 e. The molecule has 6 heteroatoms. The molecule has 0 amide bonds. The highest BCUT2D eigenvalue weighted by atomic mass is 79.9. The van der Waals surface area contributed by atoms with E-state index in [0.717, 1.165) is 0 Å². The van der Waals surface area contributed by atoms with E-state index < -0.39 is 7.60 Å². The summed E-state index contributed by atoms with van der Waals surface area (Å²) < 4.78 is 15.0. The second-order valence-electron chi connectivity index (χ2n) is 1.69. The number of halogens is 1. The Bertz CT molecular complexity index is 122. The summed E-state index contributed by atoms with van der Waals surface area (Å²) in [5, 5.41) is 0.689. The Morgan fingerprint density at radius 2 is 2.00 bits per heavy atom. The Labute approximate surface area is 67.9 Å². The van der Waals surface area contributed by atoms with Crippen LogP contribution in [-0.4, -0.2) is 34.5 Å². The van der Waals surface area contributed by atoms with Crippen molar-refractivity contribution < 1.29 is 19.1 Å². The van der Waals surface area contributed by atoms with E-state index in [2.05, 4.69) is 15.9 Å². The van der Waals surface area contributed by atoms with Crippen LogP contribution in [0.15, 0.2) is 0 Å². The molecule has 0 aliphatic heterocycles. The molecule has 0 fully saturated rings. The first kappa shape index (κ1) is 10.6. The number of rotatable bonds is 5. The third-order valence-corrected chi connectivity index (χ3v) is 1.84. The SMILES string of the molecule is O=P(O)(O)CCOCCBr. The summed E-state index contributed by atoms with van der Waals surface area (Å²) in [6.45, 7) is 0.607. The van der Waals surface area contributed by atoms with E-state index in [1.54, 1.807) is 0 Å². The van der Waals surface area contributed by atoms with Gasteiger partial charge < -0.3 is 14.5 Å². The zero-order chi connectivity index (χ0) is 8.04. The molecule has 0 atom stereocenters. The number of ether oxygens (including phenoxy) is 1. The van der Waals surface area contributed by atoms with E-state index in [0.29, 0.717) is 11.9 Å². The van der Waals surface area contributed by atoms with Crippen molar-refractivity contribution in [2.24, 2.45) is 0 Å². The van der Waals surface area contributed by atoms with Gasteiger partial charge in [0.2, 0.25) is 0 Å². The molecule has 0 unspecified atom stereocenters. The highest BCUT2D eigenvalue weighted by Gasteiger charge is 2.11. The monoisotopic (exact) mass is 232 g/mol. The van der Waals surface area contributed by atoms with E-state index in [-0.39, 0.29) is 12.8 Å². The van der Waals surface area contributed by atoms with Crippen molar-refractivity contribution in [1.29, 1.82) is 0 Å². The molecule has 2 N–H and O–H groups in total. The molecule has 0 spiro atoms. The third-order valence-electron chi connectivity index (χ3n) is 0.748. The maximum absolute atomic E-state index is 10.2. The second-order valence-corrected chi connectivity index (χ2v) is 4.26. The summed E-state index contributed by atoms with van der Waals surface area (Å²) in [6.07, 6.45) is -0.194. The molecule has 0 aliphatic carbocycles. The first-order valence-electron chi connectivity index (χ1n) is 2.74. The van der Waals surface area contributed by atoms with E-state index in [9.17, 15) is 4.57 Å². The van der Waals surface area contributed by atoms with Crippen LogP contribution in [0, 0.1) is 0 Å². The molecule has 0 aromatic rings. The standard InChI is InChI=1S/C4H10BrO4P/c5-1-2-9-3-4-10(6,7)8/h1-4H2,(H2,6,7,8). The summed E-state index contributed by atoms with van der Waals surface area (Å²) in [5.41, 5.74) is 0. The first-order valence-corrected chi connectivity index (χ1v) is 5.66. The third kappa shape index (κ3) is 8.59. The number of hydrogen-bond donors (Lipinski definition) is 2. The number of alkyl halides is 1. The quantitative estimate of drug-likeness (QED) is 0.414. The Morgan fingerprint density at radius 3 is 2.40 bits per heavy atom.